The number of anilines is 2. The molecule has 5 nitrogen and oxygen atoms in total. The van der Waals surface area contributed by atoms with Crippen LogP contribution in [0.25, 0.3) is 11.1 Å². The second-order valence-corrected chi connectivity index (χ2v) is 7.24. The quantitative estimate of drug-likeness (QED) is 0.580. The minimum atomic E-state index is -0.226. The van der Waals surface area contributed by atoms with E-state index in [4.69, 9.17) is 4.74 Å². The number of nitrogens with zero attached hydrogens (tertiary/aromatic N) is 1. The van der Waals surface area contributed by atoms with Crippen molar-refractivity contribution in [2.45, 2.75) is 0 Å². The molecule has 1 amide bonds. The Balaban J connectivity index is 1.34. The van der Waals surface area contributed by atoms with E-state index >= 15 is 0 Å². The van der Waals surface area contributed by atoms with Crippen LogP contribution in [0.15, 0.2) is 66.7 Å². The molecule has 29 heavy (non-hydrogen) atoms. The molecule has 144 valence electrons. The van der Waals surface area contributed by atoms with Crippen molar-refractivity contribution in [3.63, 3.8) is 0 Å². The van der Waals surface area contributed by atoms with E-state index in [1.807, 2.05) is 54.6 Å². The summed E-state index contributed by atoms with van der Waals surface area (Å²) in [6.07, 6.45) is 0. The number of ether oxygens (including phenoxy) is 1. The molecule has 0 aromatic heterocycles. The van der Waals surface area contributed by atoms with Crippen LogP contribution in [0.3, 0.4) is 0 Å². The van der Waals surface area contributed by atoms with Crippen molar-refractivity contribution >= 4 is 23.1 Å². The maximum Gasteiger partial charge on any atom is 0.255 e. The van der Waals surface area contributed by atoms with Gasteiger partial charge >= 0.3 is 0 Å². The SMILES string of the molecule is O=C(Nc1ccc(N2CCOCC2)cc1)c1ccc2c(c1)C(=O)c1ccccc1-2. The Morgan fingerprint density at radius 2 is 1.52 bits per heavy atom. The zero-order chi connectivity index (χ0) is 19.8. The molecule has 0 bridgehead atoms. The van der Waals surface area contributed by atoms with Gasteiger partial charge in [0.1, 0.15) is 0 Å². The van der Waals surface area contributed by atoms with Gasteiger partial charge in [-0.15, -0.1) is 0 Å². The summed E-state index contributed by atoms with van der Waals surface area (Å²) >= 11 is 0. The zero-order valence-corrected chi connectivity index (χ0v) is 15.9. The lowest BCUT2D eigenvalue weighted by molar-refractivity contribution is 0.102. The van der Waals surface area contributed by atoms with E-state index in [0.717, 1.165) is 48.8 Å². The van der Waals surface area contributed by atoms with E-state index in [1.54, 1.807) is 12.1 Å². The summed E-state index contributed by atoms with van der Waals surface area (Å²) in [5.74, 6) is -0.254. The van der Waals surface area contributed by atoms with Crippen molar-refractivity contribution in [3.05, 3.63) is 83.4 Å². The Hall–Kier alpha value is -3.44. The largest absolute Gasteiger partial charge is 0.378 e. The first kappa shape index (κ1) is 17.6. The van der Waals surface area contributed by atoms with Gasteiger partial charge in [0.05, 0.1) is 13.2 Å². The van der Waals surface area contributed by atoms with Gasteiger partial charge < -0.3 is 15.0 Å². The highest BCUT2D eigenvalue weighted by molar-refractivity contribution is 6.22. The average molecular weight is 384 g/mol. The monoisotopic (exact) mass is 384 g/mol. The normalized spacial score (nSPS) is 15.0. The molecule has 3 aromatic carbocycles. The second-order valence-electron chi connectivity index (χ2n) is 7.24. The molecule has 5 heteroatoms. The number of benzene rings is 3. The lowest BCUT2D eigenvalue weighted by atomic mass is 10.0. The van der Waals surface area contributed by atoms with Gasteiger partial charge in [0, 0.05) is 41.2 Å². The molecule has 1 fully saturated rings. The lowest BCUT2D eigenvalue weighted by Crippen LogP contribution is -2.36. The first-order chi connectivity index (χ1) is 14.2. The van der Waals surface area contributed by atoms with Crippen LogP contribution in [-0.4, -0.2) is 38.0 Å². The Morgan fingerprint density at radius 1 is 0.828 bits per heavy atom. The standard InChI is InChI=1S/C24H20N2O3/c27-23-21-4-2-1-3-19(21)20-10-5-16(15-22(20)23)24(28)25-17-6-8-18(9-7-17)26-11-13-29-14-12-26/h1-10,15H,11-14H2,(H,25,28). The van der Waals surface area contributed by atoms with E-state index < -0.39 is 0 Å². The number of ketones is 1. The number of morpholine rings is 1. The number of carbonyl (C=O) groups excluding carboxylic acids is 2. The molecule has 1 saturated heterocycles. The smallest absolute Gasteiger partial charge is 0.255 e. The maximum atomic E-state index is 12.7. The fourth-order valence-electron chi connectivity index (χ4n) is 3.95. The Kier molecular flexibility index (Phi) is 4.37. The highest BCUT2D eigenvalue weighted by Crippen LogP contribution is 2.36. The molecule has 0 saturated carbocycles. The summed E-state index contributed by atoms with van der Waals surface area (Å²) in [5, 5.41) is 2.92. The third-order valence-electron chi connectivity index (χ3n) is 5.49. The van der Waals surface area contributed by atoms with E-state index in [1.165, 1.54) is 0 Å². The van der Waals surface area contributed by atoms with Crippen LogP contribution in [0.2, 0.25) is 0 Å². The van der Waals surface area contributed by atoms with E-state index in [-0.39, 0.29) is 11.7 Å². The van der Waals surface area contributed by atoms with Crippen molar-refractivity contribution in [2.24, 2.45) is 0 Å². The van der Waals surface area contributed by atoms with Crippen molar-refractivity contribution < 1.29 is 14.3 Å². The topological polar surface area (TPSA) is 58.6 Å². The van der Waals surface area contributed by atoms with Crippen molar-refractivity contribution in [1.82, 2.24) is 0 Å². The van der Waals surface area contributed by atoms with Gasteiger partial charge in [0.2, 0.25) is 0 Å². The third kappa shape index (κ3) is 3.19. The number of hydrogen-bond acceptors (Lipinski definition) is 4. The Bertz CT molecular complexity index is 1100. The summed E-state index contributed by atoms with van der Waals surface area (Å²) in [7, 11) is 0. The fraction of sp³-hybridized carbons (Fsp3) is 0.167. The van der Waals surface area contributed by atoms with E-state index in [0.29, 0.717) is 16.7 Å². The lowest BCUT2D eigenvalue weighted by Gasteiger charge is -2.28. The summed E-state index contributed by atoms with van der Waals surface area (Å²) in [4.78, 5) is 27.7. The predicted octanol–water partition coefficient (Wildman–Crippen LogP) is 3.99. The molecular formula is C24H20N2O3. The second kappa shape index (κ2) is 7.18. The first-order valence-electron chi connectivity index (χ1n) is 9.73. The molecule has 0 atom stereocenters. The highest BCUT2D eigenvalue weighted by atomic mass is 16.5. The van der Waals surface area contributed by atoms with Crippen molar-refractivity contribution in [1.29, 1.82) is 0 Å². The van der Waals surface area contributed by atoms with Crippen LogP contribution in [0, 0.1) is 0 Å². The molecule has 0 radical (unpaired) electrons. The number of rotatable bonds is 3. The Labute approximate surface area is 168 Å². The number of amides is 1. The molecule has 1 aliphatic heterocycles. The van der Waals surface area contributed by atoms with E-state index in [9.17, 15) is 9.59 Å². The molecular weight excluding hydrogens is 364 g/mol. The molecule has 1 aliphatic carbocycles. The Morgan fingerprint density at radius 3 is 2.28 bits per heavy atom. The molecule has 0 spiro atoms. The summed E-state index contributed by atoms with van der Waals surface area (Å²) in [5.41, 5.74) is 5.41. The van der Waals surface area contributed by atoms with Gasteiger partial charge in [-0.25, -0.2) is 0 Å². The van der Waals surface area contributed by atoms with Crippen LogP contribution < -0.4 is 10.2 Å². The van der Waals surface area contributed by atoms with Gasteiger partial charge in [-0.2, -0.15) is 0 Å². The molecule has 1 heterocycles. The van der Waals surface area contributed by atoms with Gasteiger partial charge in [0.15, 0.2) is 5.78 Å². The van der Waals surface area contributed by atoms with Crippen LogP contribution in [0.4, 0.5) is 11.4 Å². The summed E-state index contributed by atoms with van der Waals surface area (Å²) in [6, 6.07) is 20.7. The van der Waals surface area contributed by atoms with Gasteiger partial charge in [-0.1, -0.05) is 30.3 Å². The third-order valence-corrected chi connectivity index (χ3v) is 5.49. The van der Waals surface area contributed by atoms with Crippen molar-refractivity contribution in [3.8, 4) is 11.1 Å². The zero-order valence-electron chi connectivity index (χ0n) is 15.9. The van der Waals surface area contributed by atoms with Gasteiger partial charge in [0.25, 0.3) is 5.91 Å². The van der Waals surface area contributed by atoms with Crippen LogP contribution in [0.1, 0.15) is 26.3 Å². The van der Waals surface area contributed by atoms with E-state index in [2.05, 4.69) is 10.2 Å². The molecule has 2 aliphatic rings. The summed E-state index contributed by atoms with van der Waals surface area (Å²) < 4.78 is 5.38. The first-order valence-corrected chi connectivity index (χ1v) is 9.73. The van der Waals surface area contributed by atoms with Crippen LogP contribution in [-0.2, 0) is 4.74 Å². The number of hydrogen-bond donors (Lipinski definition) is 1. The molecule has 3 aromatic rings. The van der Waals surface area contributed by atoms with Gasteiger partial charge in [-0.3, -0.25) is 9.59 Å². The highest BCUT2D eigenvalue weighted by Gasteiger charge is 2.27. The van der Waals surface area contributed by atoms with Crippen LogP contribution in [0.5, 0.6) is 0 Å². The predicted molar refractivity (Wildman–Crippen MR) is 113 cm³/mol. The summed E-state index contributed by atoms with van der Waals surface area (Å²) in [6.45, 7) is 3.22. The number of fused-ring (bicyclic) bond motifs is 3. The average Bonchev–Trinajstić information content (AvgIpc) is 3.07. The van der Waals surface area contributed by atoms with Crippen LogP contribution >= 0.6 is 0 Å². The minimum Gasteiger partial charge on any atom is -0.378 e. The van der Waals surface area contributed by atoms with Gasteiger partial charge in [-0.05, 0) is 47.5 Å². The number of nitrogens with one attached hydrogen (secondary N) is 1. The molecule has 1 N–H and O–H groups in total. The maximum absolute atomic E-state index is 12.7. The van der Waals surface area contributed by atoms with Crippen molar-refractivity contribution in [2.75, 3.05) is 36.5 Å². The number of carbonyl (C=O) groups is 2. The fourth-order valence-corrected chi connectivity index (χ4v) is 3.95. The minimum absolute atomic E-state index is 0.0277. The molecule has 0 unspecified atom stereocenters. The molecule has 5 rings (SSSR count).